The van der Waals surface area contributed by atoms with Crippen LogP contribution in [0.1, 0.15) is 172 Å². The monoisotopic (exact) mass is 905 g/mol. The van der Waals surface area contributed by atoms with Crippen LogP contribution in [0.4, 0.5) is 10.1 Å². The van der Waals surface area contributed by atoms with Crippen molar-refractivity contribution in [1.29, 1.82) is 0 Å². The summed E-state index contributed by atoms with van der Waals surface area (Å²) < 4.78 is 17.4. The predicted molar refractivity (Wildman–Crippen MR) is 270 cm³/mol. The van der Waals surface area contributed by atoms with Crippen molar-refractivity contribution in [3.05, 3.63) is 168 Å². The van der Waals surface area contributed by atoms with Gasteiger partial charge in [-0.15, -0.1) is 11.8 Å². The second-order valence-electron chi connectivity index (χ2n) is 17.6. The molecule has 5 aromatic carbocycles. The number of nitro groups is 1. The maximum absolute atomic E-state index is 12.5. The summed E-state index contributed by atoms with van der Waals surface area (Å²) in [5.74, 6) is 3.18. The minimum atomic E-state index is -1.25. The fourth-order valence-corrected chi connectivity index (χ4v) is 6.49. The molecule has 0 aliphatic carbocycles. The largest absolute Gasteiger partial charge is 0.461 e. The maximum atomic E-state index is 12.5. The molecule has 8 heteroatoms. The molecule has 0 aliphatic heterocycles. The minimum Gasteiger partial charge on any atom is -0.461 e. The average molecular weight is 907 g/mol. The number of hydrogen-bond acceptors (Lipinski definition) is 4. The molecular weight excluding hydrogens is 833 g/mol. The second kappa shape index (κ2) is 28.1. The normalized spacial score (nSPS) is 11.4. The molecule has 0 amide bonds. The number of nitrogens with zero attached hydrogens (tertiary/aromatic N) is 1. The first kappa shape index (κ1) is 56.2. The molecule has 0 aliphatic rings. The van der Waals surface area contributed by atoms with Crippen LogP contribution in [0, 0.1) is 17.0 Å². The summed E-state index contributed by atoms with van der Waals surface area (Å²) in [5.41, 5.74) is 9.21. The van der Waals surface area contributed by atoms with E-state index in [2.05, 4.69) is 143 Å². The molecular formula is C54H74Cl2FNO3S. The second-order valence-corrected chi connectivity index (χ2v) is 19.3. The van der Waals surface area contributed by atoms with E-state index in [0.29, 0.717) is 34.8 Å². The standard InChI is InChI=1S/C14H22.C11H15FO.C10H13Cl.C10H14S.C9H10ClNO2/c1-6-14(4,5)13-9-7-12(8-10-13)11(2)3;1-8(2)10-5-4-6-11(7-10)13-9(3)12;1-7(2)9-4-5-10(11)8(3)6-9;1-8(2)9-5-4-6-10(7-9)11-3;1-6(2)7-3-4-8(10)9(5-7)11(12)13/h7-11H,6H2,1-5H3;4-9H,1-3H3;4-7H,1-3H3;4-8H,1-3H3;3-6H,1-2H3. The van der Waals surface area contributed by atoms with Crippen LogP contribution < -0.4 is 4.74 Å². The summed E-state index contributed by atoms with van der Waals surface area (Å²) in [7, 11) is 0. The van der Waals surface area contributed by atoms with E-state index in [-0.39, 0.29) is 16.6 Å². The SMILES string of the molecule is CC(C)c1ccc(Cl)c([N+](=O)[O-])c1.CC(F)Oc1cccc(C(C)C)c1.CCC(C)(C)c1ccc(C(C)C)cc1.CSc1cccc(C(C)C)c1.Cc1cc(C(C)C)ccc1Cl. The van der Waals surface area contributed by atoms with Crippen LogP contribution >= 0.6 is 35.0 Å². The molecule has 0 spiro atoms. The summed E-state index contributed by atoms with van der Waals surface area (Å²) in [6, 6.07) is 36.4. The highest BCUT2D eigenvalue weighted by Crippen LogP contribution is 2.29. The molecule has 0 saturated carbocycles. The van der Waals surface area contributed by atoms with Crippen molar-refractivity contribution < 1.29 is 14.1 Å². The zero-order valence-corrected chi connectivity index (χ0v) is 42.6. The molecule has 1 unspecified atom stereocenters. The van der Waals surface area contributed by atoms with Crippen LogP contribution in [0.25, 0.3) is 0 Å². The first-order chi connectivity index (χ1) is 28.9. The molecule has 5 rings (SSSR count). The first-order valence-electron chi connectivity index (χ1n) is 21.8. The molecule has 0 N–H and O–H groups in total. The fraction of sp³-hybridized carbons (Fsp3) is 0.444. The minimum absolute atomic E-state index is 0.0205. The molecule has 0 bridgehead atoms. The smallest absolute Gasteiger partial charge is 0.288 e. The van der Waals surface area contributed by atoms with Crippen molar-refractivity contribution in [1.82, 2.24) is 0 Å². The van der Waals surface area contributed by atoms with Crippen molar-refractivity contribution in [3.8, 4) is 5.75 Å². The molecule has 0 fully saturated rings. The Hall–Kier alpha value is -3.84. The Bertz CT molecular complexity index is 2060. The molecule has 0 aromatic heterocycles. The average Bonchev–Trinajstić information content (AvgIpc) is 3.22. The highest BCUT2D eigenvalue weighted by Gasteiger charge is 2.17. The molecule has 5 aromatic rings. The molecule has 1 atom stereocenters. The van der Waals surface area contributed by atoms with Crippen molar-refractivity contribution >= 4 is 40.7 Å². The zero-order chi connectivity index (χ0) is 47.3. The van der Waals surface area contributed by atoms with Crippen molar-refractivity contribution in [2.24, 2.45) is 0 Å². The number of nitro benzene ring substituents is 1. The van der Waals surface area contributed by atoms with Crippen LogP contribution in [0.5, 0.6) is 5.75 Å². The lowest BCUT2D eigenvalue weighted by Gasteiger charge is -2.23. The quantitative estimate of drug-likeness (QED) is 0.0753. The van der Waals surface area contributed by atoms with Gasteiger partial charge in [-0.2, -0.15) is 0 Å². The molecule has 62 heavy (non-hydrogen) atoms. The van der Waals surface area contributed by atoms with Gasteiger partial charge in [0.15, 0.2) is 0 Å². The van der Waals surface area contributed by atoms with Crippen molar-refractivity contribution in [2.45, 2.75) is 157 Å². The Labute approximate surface area is 389 Å². The van der Waals surface area contributed by atoms with Gasteiger partial charge in [-0.1, -0.05) is 180 Å². The summed E-state index contributed by atoms with van der Waals surface area (Å²) in [6.45, 7) is 31.7. The van der Waals surface area contributed by atoms with E-state index in [4.69, 9.17) is 27.9 Å². The van der Waals surface area contributed by atoms with Gasteiger partial charge in [0.05, 0.1) is 4.92 Å². The molecule has 340 valence electrons. The highest BCUT2D eigenvalue weighted by atomic mass is 35.5. The zero-order valence-electron chi connectivity index (χ0n) is 40.3. The van der Waals surface area contributed by atoms with Crippen molar-refractivity contribution in [2.75, 3.05) is 6.26 Å². The fourth-order valence-electron chi connectivity index (χ4n) is 5.71. The number of aryl methyl sites for hydroxylation is 1. The third-order valence-corrected chi connectivity index (χ3v) is 12.0. The number of rotatable bonds is 11. The molecule has 0 saturated heterocycles. The highest BCUT2D eigenvalue weighted by molar-refractivity contribution is 7.98. The Morgan fingerprint density at radius 1 is 0.629 bits per heavy atom. The van der Waals surface area contributed by atoms with Gasteiger partial charge < -0.3 is 4.74 Å². The molecule has 4 nitrogen and oxygen atoms in total. The van der Waals surface area contributed by atoms with Crippen LogP contribution in [0.15, 0.2) is 114 Å². The molecule has 0 heterocycles. The topological polar surface area (TPSA) is 52.4 Å². The van der Waals surface area contributed by atoms with Crippen molar-refractivity contribution in [3.63, 3.8) is 0 Å². The summed E-state index contributed by atoms with van der Waals surface area (Å²) in [4.78, 5) is 11.4. The van der Waals surface area contributed by atoms with Crippen LogP contribution in [0.3, 0.4) is 0 Å². The van der Waals surface area contributed by atoms with E-state index in [1.165, 1.54) is 46.6 Å². The van der Waals surface area contributed by atoms with E-state index < -0.39 is 11.3 Å². The third kappa shape index (κ3) is 20.6. The maximum Gasteiger partial charge on any atom is 0.288 e. The number of alkyl halides is 1. The predicted octanol–water partition coefficient (Wildman–Crippen LogP) is 18.7. The number of halogens is 3. The van der Waals surface area contributed by atoms with Gasteiger partial charge in [0.1, 0.15) is 10.8 Å². The van der Waals surface area contributed by atoms with Gasteiger partial charge in [-0.3, -0.25) is 10.1 Å². The van der Waals surface area contributed by atoms with Gasteiger partial charge >= 0.3 is 0 Å². The van der Waals surface area contributed by atoms with E-state index in [1.54, 1.807) is 30.0 Å². The lowest BCUT2D eigenvalue weighted by molar-refractivity contribution is -0.384. The number of benzene rings is 5. The Kier molecular flexibility index (Phi) is 25.4. The van der Waals surface area contributed by atoms with Gasteiger partial charge in [0.2, 0.25) is 6.36 Å². The van der Waals surface area contributed by atoms with Gasteiger partial charge in [0, 0.05) is 22.9 Å². The van der Waals surface area contributed by atoms with E-state index in [9.17, 15) is 14.5 Å². The van der Waals surface area contributed by atoms with Crippen LogP contribution in [-0.2, 0) is 5.41 Å². The molecule has 0 radical (unpaired) electrons. The first-order valence-corrected chi connectivity index (χ1v) is 23.8. The summed E-state index contributed by atoms with van der Waals surface area (Å²) in [5, 5.41) is 11.6. The lowest BCUT2D eigenvalue weighted by Crippen LogP contribution is -2.15. The third-order valence-electron chi connectivity index (χ3n) is 10.5. The lowest BCUT2D eigenvalue weighted by atomic mass is 9.81. The number of hydrogen-bond donors (Lipinski definition) is 0. The Morgan fingerprint density at radius 2 is 1.06 bits per heavy atom. The van der Waals surface area contributed by atoms with Gasteiger partial charge in [0.25, 0.3) is 5.69 Å². The Morgan fingerprint density at radius 3 is 1.50 bits per heavy atom. The number of ether oxygens (including phenoxy) is 1. The summed E-state index contributed by atoms with van der Waals surface area (Å²) in [6.07, 6.45) is 2.05. The van der Waals surface area contributed by atoms with Crippen LogP contribution in [0.2, 0.25) is 10.0 Å². The van der Waals surface area contributed by atoms with E-state index in [1.807, 2.05) is 45.0 Å². The van der Waals surface area contributed by atoms with Crippen LogP contribution in [-0.4, -0.2) is 17.5 Å². The summed E-state index contributed by atoms with van der Waals surface area (Å²) >= 11 is 13.3. The van der Waals surface area contributed by atoms with E-state index in [0.717, 1.165) is 21.7 Å². The van der Waals surface area contributed by atoms with Gasteiger partial charge in [-0.05, 0) is 130 Å². The van der Waals surface area contributed by atoms with E-state index >= 15 is 0 Å². The number of thioether (sulfide) groups is 1. The van der Waals surface area contributed by atoms with Gasteiger partial charge in [-0.25, -0.2) is 4.39 Å². The Balaban J connectivity index is 0.000000389.